The Balaban J connectivity index is 1.61. The van der Waals surface area contributed by atoms with Crippen LogP contribution in [0.3, 0.4) is 0 Å². The minimum Gasteiger partial charge on any atom is -0.357 e. The lowest BCUT2D eigenvalue weighted by molar-refractivity contribution is -0.116. The average molecular weight is 351 g/mol. The Kier molecular flexibility index (Phi) is 6.19. The molecule has 1 atom stereocenters. The van der Waals surface area contributed by atoms with Crippen molar-refractivity contribution in [3.05, 3.63) is 59.9 Å². The molecular formula is C20H25N5O. The normalized spacial score (nSPS) is 16.6. The van der Waals surface area contributed by atoms with Crippen molar-refractivity contribution in [2.24, 2.45) is 4.99 Å². The number of hydrogen-bond donors (Lipinski definition) is 3. The second-order valence-electron chi connectivity index (χ2n) is 6.29. The van der Waals surface area contributed by atoms with E-state index in [4.69, 9.17) is 4.99 Å². The fraction of sp³-hybridized carbons (Fsp3) is 0.350. The molecule has 1 aliphatic heterocycles. The number of carbonyl (C=O) groups excluding carboxylic acids is 1. The van der Waals surface area contributed by atoms with Crippen molar-refractivity contribution >= 4 is 17.6 Å². The molecule has 1 aromatic carbocycles. The molecule has 0 spiro atoms. The summed E-state index contributed by atoms with van der Waals surface area (Å²) in [4.78, 5) is 20.8. The number of para-hydroxylation sites is 1. The zero-order valence-electron chi connectivity index (χ0n) is 15.0. The Morgan fingerprint density at radius 3 is 2.96 bits per heavy atom. The number of rotatable bonds is 6. The summed E-state index contributed by atoms with van der Waals surface area (Å²) >= 11 is 0. The topological polar surface area (TPSA) is 78.4 Å². The fourth-order valence-electron chi connectivity index (χ4n) is 3.08. The summed E-state index contributed by atoms with van der Waals surface area (Å²) in [5.74, 6) is 0.937. The predicted octanol–water partition coefficient (Wildman–Crippen LogP) is 2.31. The van der Waals surface area contributed by atoms with Gasteiger partial charge in [-0.15, -0.1) is 0 Å². The number of benzene rings is 1. The summed E-state index contributed by atoms with van der Waals surface area (Å²) in [5, 5.41) is 9.55. The molecule has 136 valence electrons. The smallest absolute Gasteiger partial charge is 0.225 e. The van der Waals surface area contributed by atoms with Crippen molar-refractivity contribution in [3.63, 3.8) is 0 Å². The van der Waals surface area contributed by atoms with Crippen LogP contribution in [0.2, 0.25) is 0 Å². The number of amides is 1. The Morgan fingerprint density at radius 2 is 2.15 bits per heavy atom. The zero-order valence-corrected chi connectivity index (χ0v) is 15.0. The number of aliphatic imine (C=N–C) groups is 1. The largest absolute Gasteiger partial charge is 0.357 e. The lowest BCUT2D eigenvalue weighted by Gasteiger charge is -2.24. The van der Waals surface area contributed by atoms with E-state index in [9.17, 15) is 4.79 Å². The van der Waals surface area contributed by atoms with Gasteiger partial charge in [0.25, 0.3) is 0 Å². The minimum absolute atomic E-state index is 0.0541. The van der Waals surface area contributed by atoms with Crippen LogP contribution in [0.4, 0.5) is 5.69 Å². The summed E-state index contributed by atoms with van der Waals surface area (Å²) in [7, 11) is 0. The lowest BCUT2D eigenvalue weighted by Crippen LogP contribution is -2.38. The van der Waals surface area contributed by atoms with Crippen LogP contribution in [0.1, 0.15) is 30.4 Å². The Labute approximate surface area is 154 Å². The number of pyridine rings is 1. The quantitative estimate of drug-likeness (QED) is 0.551. The highest BCUT2D eigenvalue weighted by atomic mass is 16.1. The maximum atomic E-state index is 11.9. The zero-order chi connectivity index (χ0) is 18.2. The first kappa shape index (κ1) is 17.9. The standard InChI is InChI=1S/C20H25N5O/c1-2-22-20(23-11-9-15-6-5-10-21-13-15)24-14-16-12-19(26)25-18-8-4-3-7-17(16)18/h3-8,10,13,16H,2,9,11-12,14H2,1H3,(H,25,26)(H2,22,23,24). The summed E-state index contributed by atoms with van der Waals surface area (Å²) < 4.78 is 0. The van der Waals surface area contributed by atoms with Gasteiger partial charge >= 0.3 is 0 Å². The van der Waals surface area contributed by atoms with Gasteiger partial charge in [-0.3, -0.25) is 14.8 Å². The number of guanidine groups is 1. The van der Waals surface area contributed by atoms with Gasteiger partial charge in [0.15, 0.2) is 5.96 Å². The third-order valence-corrected chi connectivity index (χ3v) is 4.35. The van der Waals surface area contributed by atoms with Gasteiger partial charge in [-0.25, -0.2) is 0 Å². The van der Waals surface area contributed by atoms with Gasteiger partial charge in [0.1, 0.15) is 0 Å². The Morgan fingerprint density at radius 1 is 1.27 bits per heavy atom. The van der Waals surface area contributed by atoms with Crippen molar-refractivity contribution in [1.82, 2.24) is 15.6 Å². The average Bonchev–Trinajstić information content (AvgIpc) is 2.66. The summed E-state index contributed by atoms with van der Waals surface area (Å²) in [6.07, 6.45) is 5.01. The Bertz CT molecular complexity index is 760. The molecule has 3 N–H and O–H groups in total. The lowest BCUT2D eigenvalue weighted by atomic mass is 9.91. The van der Waals surface area contributed by atoms with E-state index in [2.05, 4.69) is 33.1 Å². The molecule has 26 heavy (non-hydrogen) atoms. The van der Waals surface area contributed by atoms with Crippen LogP contribution in [-0.2, 0) is 11.2 Å². The van der Waals surface area contributed by atoms with Gasteiger partial charge in [0.05, 0.1) is 6.54 Å². The fourth-order valence-corrected chi connectivity index (χ4v) is 3.08. The van der Waals surface area contributed by atoms with Crippen molar-refractivity contribution < 1.29 is 4.79 Å². The van der Waals surface area contributed by atoms with Crippen LogP contribution >= 0.6 is 0 Å². The molecule has 3 rings (SSSR count). The van der Waals surface area contributed by atoms with Gasteiger partial charge in [0, 0.05) is 43.5 Å². The van der Waals surface area contributed by atoms with Gasteiger partial charge in [-0.05, 0) is 36.6 Å². The SMILES string of the molecule is CCNC(=NCC1CC(=O)Nc2ccccc21)NCCc1cccnc1. The molecule has 1 unspecified atom stereocenters. The van der Waals surface area contributed by atoms with Crippen LogP contribution in [0.15, 0.2) is 53.8 Å². The Hall–Kier alpha value is -2.89. The van der Waals surface area contributed by atoms with E-state index >= 15 is 0 Å². The molecular weight excluding hydrogens is 326 g/mol. The number of hydrogen-bond acceptors (Lipinski definition) is 3. The molecule has 2 aromatic rings. The molecule has 2 heterocycles. The summed E-state index contributed by atoms with van der Waals surface area (Å²) in [6.45, 7) is 4.19. The number of nitrogens with zero attached hydrogens (tertiary/aromatic N) is 2. The molecule has 0 bridgehead atoms. The first-order chi connectivity index (χ1) is 12.8. The van der Waals surface area contributed by atoms with Crippen molar-refractivity contribution in [2.75, 3.05) is 25.0 Å². The van der Waals surface area contributed by atoms with E-state index < -0.39 is 0 Å². The van der Waals surface area contributed by atoms with Crippen molar-refractivity contribution in [3.8, 4) is 0 Å². The van der Waals surface area contributed by atoms with Crippen molar-refractivity contribution in [2.45, 2.75) is 25.7 Å². The maximum absolute atomic E-state index is 11.9. The summed E-state index contributed by atoms with van der Waals surface area (Å²) in [6, 6.07) is 12.0. The van der Waals surface area contributed by atoms with Crippen LogP contribution in [0, 0.1) is 0 Å². The molecule has 0 radical (unpaired) electrons. The molecule has 0 saturated carbocycles. The van der Waals surface area contributed by atoms with E-state index in [1.165, 1.54) is 5.56 Å². The van der Waals surface area contributed by atoms with Crippen molar-refractivity contribution in [1.29, 1.82) is 0 Å². The van der Waals surface area contributed by atoms with E-state index in [-0.39, 0.29) is 11.8 Å². The van der Waals surface area contributed by atoms with Gasteiger partial charge in [0.2, 0.25) is 5.91 Å². The molecule has 0 fully saturated rings. The number of aromatic nitrogens is 1. The monoisotopic (exact) mass is 351 g/mol. The number of carbonyl (C=O) groups is 1. The molecule has 1 amide bonds. The van der Waals surface area contributed by atoms with E-state index in [1.807, 2.05) is 37.4 Å². The first-order valence-corrected chi connectivity index (χ1v) is 9.06. The van der Waals surface area contributed by atoms with Gasteiger partial charge in [-0.2, -0.15) is 0 Å². The summed E-state index contributed by atoms with van der Waals surface area (Å²) in [5.41, 5.74) is 3.24. The number of nitrogens with one attached hydrogen (secondary N) is 3. The van der Waals surface area contributed by atoms with Crippen LogP contribution in [0.5, 0.6) is 0 Å². The van der Waals surface area contributed by atoms with E-state index in [1.54, 1.807) is 6.20 Å². The third kappa shape index (κ3) is 4.81. The molecule has 0 saturated heterocycles. The van der Waals surface area contributed by atoms with Gasteiger partial charge in [-0.1, -0.05) is 24.3 Å². The second-order valence-corrected chi connectivity index (χ2v) is 6.29. The molecule has 0 aliphatic carbocycles. The molecule has 6 heteroatoms. The van der Waals surface area contributed by atoms with Gasteiger partial charge < -0.3 is 16.0 Å². The van der Waals surface area contributed by atoms with E-state index in [0.29, 0.717) is 13.0 Å². The molecule has 1 aliphatic rings. The highest BCUT2D eigenvalue weighted by Crippen LogP contribution is 2.31. The predicted molar refractivity (Wildman–Crippen MR) is 104 cm³/mol. The highest BCUT2D eigenvalue weighted by Gasteiger charge is 2.24. The molecule has 6 nitrogen and oxygen atoms in total. The third-order valence-electron chi connectivity index (χ3n) is 4.35. The van der Waals surface area contributed by atoms with E-state index in [0.717, 1.165) is 36.7 Å². The number of fused-ring (bicyclic) bond motifs is 1. The van der Waals surface area contributed by atoms with Crippen LogP contribution in [0.25, 0.3) is 0 Å². The van der Waals surface area contributed by atoms with Crippen LogP contribution < -0.4 is 16.0 Å². The second kappa shape index (κ2) is 8.99. The minimum atomic E-state index is 0.0541. The maximum Gasteiger partial charge on any atom is 0.225 e. The van der Waals surface area contributed by atoms with Crippen LogP contribution in [-0.4, -0.2) is 36.5 Å². The molecule has 1 aromatic heterocycles. The first-order valence-electron chi connectivity index (χ1n) is 9.06. The highest BCUT2D eigenvalue weighted by molar-refractivity contribution is 5.94. The number of anilines is 1.